The Bertz CT molecular complexity index is 349. The SMILES string of the molecule is CNC1CN(c2ccnc(CC=O)n2)C1. The van der Waals surface area contributed by atoms with Gasteiger partial charge in [-0.1, -0.05) is 0 Å². The summed E-state index contributed by atoms with van der Waals surface area (Å²) in [5.74, 6) is 1.50. The monoisotopic (exact) mass is 206 g/mol. The van der Waals surface area contributed by atoms with Gasteiger partial charge in [0, 0.05) is 25.3 Å². The second-order valence-electron chi connectivity index (χ2n) is 3.59. The molecule has 0 amide bonds. The lowest BCUT2D eigenvalue weighted by molar-refractivity contribution is -0.107. The average Bonchev–Trinajstić information content (AvgIpc) is 2.17. The van der Waals surface area contributed by atoms with E-state index in [1.165, 1.54) is 0 Å². The maximum absolute atomic E-state index is 10.3. The van der Waals surface area contributed by atoms with E-state index < -0.39 is 0 Å². The second-order valence-corrected chi connectivity index (χ2v) is 3.59. The summed E-state index contributed by atoms with van der Waals surface area (Å²) < 4.78 is 0. The molecule has 0 spiro atoms. The molecular weight excluding hydrogens is 192 g/mol. The first-order chi connectivity index (χ1) is 7.33. The van der Waals surface area contributed by atoms with Crippen LogP contribution in [-0.4, -0.2) is 42.4 Å². The van der Waals surface area contributed by atoms with Crippen molar-refractivity contribution >= 4 is 12.1 Å². The number of hydrogen-bond acceptors (Lipinski definition) is 5. The van der Waals surface area contributed by atoms with Crippen LogP contribution in [0.3, 0.4) is 0 Å². The molecule has 1 saturated heterocycles. The Morgan fingerprint density at radius 3 is 3.13 bits per heavy atom. The van der Waals surface area contributed by atoms with E-state index in [-0.39, 0.29) is 6.42 Å². The molecule has 80 valence electrons. The minimum absolute atomic E-state index is 0.289. The van der Waals surface area contributed by atoms with Gasteiger partial charge in [-0.05, 0) is 13.1 Å². The van der Waals surface area contributed by atoms with Gasteiger partial charge in [-0.15, -0.1) is 0 Å². The molecule has 2 rings (SSSR count). The van der Waals surface area contributed by atoms with Crippen molar-refractivity contribution < 1.29 is 4.79 Å². The highest BCUT2D eigenvalue weighted by Gasteiger charge is 2.26. The van der Waals surface area contributed by atoms with Crippen molar-refractivity contribution in [2.24, 2.45) is 0 Å². The highest BCUT2D eigenvalue weighted by atomic mass is 16.1. The van der Waals surface area contributed by atoms with Gasteiger partial charge in [0.1, 0.15) is 17.9 Å². The van der Waals surface area contributed by atoms with Gasteiger partial charge in [0.25, 0.3) is 0 Å². The van der Waals surface area contributed by atoms with Crippen molar-refractivity contribution in [2.75, 3.05) is 25.0 Å². The quantitative estimate of drug-likeness (QED) is 0.681. The molecule has 0 aromatic carbocycles. The van der Waals surface area contributed by atoms with Crippen LogP contribution in [0.2, 0.25) is 0 Å². The normalized spacial score (nSPS) is 16.2. The first-order valence-electron chi connectivity index (χ1n) is 5.01. The van der Waals surface area contributed by atoms with Crippen molar-refractivity contribution in [1.82, 2.24) is 15.3 Å². The molecule has 2 heterocycles. The van der Waals surface area contributed by atoms with Crippen LogP contribution >= 0.6 is 0 Å². The van der Waals surface area contributed by atoms with E-state index in [2.05, 4.69) is 20.2 Å². The highest BCUT2D eigenvalue weighted by Crippen LogP contribution is 2.17. The third-order valence-electron chi connectivity index (χ3n) is 2.57. The van der Waals surface area contributed by atoms with Crippen molar-refractivity contribution in [2.45, 2.75) is 12.5 Å². The third kappa shape index (κ3) is 2.12. The van der Waals surface area contributed by atoms with E-state index in [0.717, 1.165) is 25.2 Å². The molecule has 1 aliphatic heterocycles. The predicted octanol–water partition coefficient (Wildman–Crippen LogP) is -0.374. The van der Waals surface area contributed by atoms with Gasteiger partial charge in [0.15, 0.2) is 0 Å². The number of carbonyl (C=O) groups is 1. The summed E-state index contributed by atoms with van der Waals surface area (Å²) in [5, 5.41) is 3.20. The number of likely N-dealkylation sites (N-methyl/N-ethyl adjacent to an activating group) is 1. The summed E-state index contributed by atoms with van der Waals surface area (Å²) in [6, 6.07) is 2.43. The van der Waals surface area contributed by atoms with Gasteiger partial charge in [-0.3, -0.25) is 0 Å². The minimum Gasteiger partial charge on any atom is -0.353 e. The largest absolute Gasteiger partial charge is 0.353 e. The van der Waals surface area contributed by atoms with Crippen molar-refractivity contribution in [3.63, 3.8) is 0 Å². The maximum atomic E-state index is 10.3. The van der Waals surface area contributed by atoms with Crippen LogP contribution in [0.4, 0.5) is 5.82 Å². The molecular formula is C10H14N4O. The zero-order valence-corrected chi connectivity index (χ0v) is 8.68. The van der Waals surface area contributed by atoms with E-state index in [1.807, 2.05) is 13.1 Å². The summed E-state index contributed by atoms with van der Waals surface area (Å²) in [6.45, 7) is 1.93. The standard InChI is InChI=1S/C10H14N4O/c1-11-8-6-14(7-8)10-2-4-12-9(13-10)3-5-15/h2,4-5,8,11H,3,6-7H2,1H3. The number of aromatic nitrogens is 2. The summed E-state index contributed by atoms with van der Waals surface area (Å²) >= 11 is 0. The van der Waals surface area contributed by atoms with Crippen LogP contribution in [0.15, 0.2) is 12.3 Å². The van der Waals surface area contributed by atoms with Gasteiger partial charge in [0.2, 0.25) is 0 Å². The van der Waals surface area contributed by atoms with Crippen LogP contribution in [0.1, 0.15) is 5.82 Å². The lowest BCUT2D eigenvalue weighted by Gasteiger charge is -2.39. The van der Waals surface area contributed by atoms with Gasteiger partial charge >= 0.3 is 0 Å². The summed E-state index contributed by atoms with van der Waals surface area (Å²) in [5.41, 5.74) is 0. The number of anilines is 1. The Balaban J connectivity index is 2.03. The molecule has 5 heteroatoms. The molecule has 1 fully saturated rings. The number of aldehydes is 1. The van der Waals surface area contributed by atoms with Gasteiger partial charge in [-0.2, -0.15) is 0 Å². The van der Waals surface area contributed by atoms with Crippen LogP contribution in [0.5, 0.6) is 0 Å². The first-order valence-corrected chi connectivity index (χ1v) is 5.01. The van der Waals surface area contributed by atoms with Crippen LogP contribution in [0.25, 0.3) is 0 Å². The molecule has 5 nitrogen and oxygen atoms in total. The Labute approximate surface area is 88.5 Å². The minimum atomic E-state index is 0.289. The second kappa shape index (κ2) is 4.35. The molecule has 1 aromatic rings. The molecule has 0 saturated carbocycles. The highest BCUT2D eigenvalue weighted by molar-refractivity contribution is 5.53. The Morgan fingerprint density at radius 2 is 2.47 bits per heavy atom. The van der Waals surface area contributed by atoms with Gasteiger partial charge in [-0.25, -0.2) is 9.97 Å². The van der Waals surface area contributed by atoms with Crippen LogP contribution < -0.4 is 10.2 Å². The molecule has 1 N–H and O–H groups in total. The molecule has 15 heavy (non-hydrogen) atoms. The van der Waals surface area contributed by atoms with Crippen molar-refractivity contribution in [1.29, 1.82) is 0 Å². The Hall–Kier alpha value is -1.49. The fourth-order valence-corrected chi connectivity index (χ4v) is 1.59. The third-order valence-corrected chi connectivity index (χ3v) is 2.57. The molecule has 1 aliphatic rings. The fourth-order valence-electron chi connectivity index (χ4n) is 1.59. The van der Waals surface area contributed by atoms with Gasteiger partial charge in [0.05, 0.1) is 6.42 Å². The van der Waals surface area contributed by atoms with Crippen LogP contribution in [-0.2, 0) is 11.2 Å². The Morgan fingerprint density at radius 1 is 1.67 bits per heavy atom. The first kappa shape index (κ1) is 10.0. The predicted molar refractivity (Wildman–Crippen MR) is 56.9 cm³/mol. The van der Waals surface area contributed by atoms with Crippen molar-refractivity contribution in [3.05, 3.63) is 18.1 Å². The number of hydrogen-bond donors (Lipinski definition) is 1. The zero-order valence-electron chi connectivity index (χ0n) is 8.68. The van der Waals surface area contributed by atoms with Gasteiger partial charge < -0.3 is 15.0 Å². The average molecular weight is 206 g/mol. The topological polar surface area (TPSA) is 58.1 Å². The summed E-state index contributed by atoms with van der Waals surface area (Å²) in [7, 11) is 1.96. The van der Waals surface area contributed by atoms with E-state index in [4.69, 9.17) is 0 Å². The number of rotatable bonds is 4. The zero-order chi connectivity index (χ0) is 10.7. The van der Waals surface area contributed by atoms with Crippen molar-refractivity contribution in [3.8, 4) is 0 Å². The number of carbonyl (C=O) groups excluding carboxylic acids is 1. The lowest BCUT2D eigenvalue weighted by Crippen LogP contribution is -2.57. The molecule has 0 atom stereocenters. The molecule has 0 unspecified atom stereocenters. The molecule has 0 bridgehead atoms. The lowest BCUT2D eigenvalue weighted by atomic mass is 10.1. The van der Waals surface area contributed by atoms with Crippen LogP contribution in [0, 0.1) is 0 Å². The number of nitrogens with zero attached hydrogens (tertiary/aromatic N) is 3. The van der Waals surface area contributed by atoms with E-state index in [1.54, 1.807) is 6.20 Å². The smallest absolute Gasteiger partial charge is 0.137 e. The maximum Gasteiger partial charge on any atom is 0.137 e. The fraction of sp³-hybridized carbons (Fsp3) is 0.500. The van der Waals surface area contributed by atoms with E-state index in [9.17, 15) is 4.79 Å². The number of nitrogens with one attached hydrogen (secondary N) is 1. The molecule has 0 aliphatic carbocycles. The van der Waals surface area contributed by atoms with E-state index >= 15 is 0 Å². The summed E-state index contributed by atoms with van der Waals surface area (Å²) in [4.78, 5) is 20.8. The molecule has 0 radical (unpaired) electrons. The Kier molecular flexibility index (Phi) is 2.91. The molecule has 1 aromatic heterocycles. The summed E-state index contributed by atoms with van der Waals surface area (Å²) in [6.07, 6.45) is 2.82. The van der Waals surface area contributed by atoms with E-state index in [0.29, 0.717) is 11.9 Å².